The Morgan fingerprint density at radius 1 is 1.04 bits per heavy atom. The molecule has 2 N–H and O–H groups in total. The Labute approximate surface area is 148 Å². The Kier molecular flexibility index (Phi) is 3.94. The number of hydrogen-bond donors (Lipinski definition) is 1. The van der Waals surface area contributed by atoms with Crippen LogP contribution in [0.1, 0.15) is 55.6 Å². The Bertz CT molecular complexity index is 842. The molecule has 1 aliphatic rings. The number of nitrogens with two attached hydrogens (primary N) is 1. The van der Waals surface area contributed by atoms with Crippen molar-refractivity contribution in [1.82, 2.24) is 0 Å². The first-order chi connectivity index (χ1) is 11.7. The van der Waals surface area contributed by atoms with Gasteiger partial charge in [0.05, 0.1) is 0 Å². The van der Waals surface area contributed by atoms with E-state index in [1.807, 2.05) is 35.2 Å². The fraction of sp³-hybridized carbons (Fsp3) is 0.333. The van der Waals surface area contributed by atoms with Crippen molar-refractivity contribution in [2.24, 2.45) is 5.73 Å². The van der Waals surface area contributed by atoms with E-state index in [-0.39, 0.29) is 16.9 Å². The Morgan fingerprint density at radius 2 is 1.68 bits per heavy atom. The molecule has 4 nitrogen and oxygen atoms in total. The van der Waals surface area contributed by atoms with Crippen molar-refractivity contribution in [2.45, 2.75) is 45.1 Å². The summed E-state index contributed by atoms with van der Waals surface area (Å²) in [5.41, 5.74) is 8.26. The monoisotopic (exact) mass is 336 g/mol. The molecule has 0 aromatic heterocycles. The lowest BCUT2D eigenvalue weighted by atomic mass is 9.65. The van der Waals surface area contributed by atoms with Gasteiger partial charge in [0.25, 0.3) is 0 Å². The maximum absolute atomic E-state index is 12.4. The summed E-state index contributed by atoms with van der Waals surface area (Å²) < 4.78 is 0. The van der Waals surface area contributed by atoms with Crippen molar-refractivity contribution in [3.05, 3.63) is 65.2 Å². The maximum atomic E-state index is 12.4. The topological polar surface area (TPSA) is 63.4 Å². The van der Waals surface area contributed by atoms with Crippen LogP contribution in [0.2, 0.25) is 0 Å². The number of carbonyl (C=O) groups is 2. The maximum Gasteiger partial charge on any atom is 0.248 e. The molecule has 3 rings (SSSR count). The molecule has 1 unspecified atom stereocenters. The van der Waals surface area contributed by atoms with Gasteiger partial charge < -0.3 is 10.6 Å². The minimum Gasteiger partial charge on any atom is -0.366 e. The van der Waals surface area contributed by atoms with Gasteiger partial charge in [-0.3, -0.25) is 9.59 Å². The van der Waals surface area contributed by atoms with Crippen LogP contribution in [0.25, 0.3) is 0 Å². The summed E-state index contributed by atoms with van der Waals surface area (Å²) in [4.78, 5) is 25.9. The number of primary amides is 1. The number of fused-ring (bicyclic) bond motifs is 1. The normalized spacial score (nSPS) is 21.5. The van der Waals surface area contributed by atoms with Gasteiger partial charge in [-0.15, -0.1) is 0 Å². The van der Waals surface area contributed by atoms with E-state index < -0.39 is 5.91 Å². The van der Waals surface area contributed by atoms with E-state index in [9.17, 15) is 9.59 Å². The SMILES string of the molecule is CC(=O)N1c2ccc(C(N)=O)cc2C(C)(c2ccccc2)CC1(C)C. The molecule has 0 saturated carbocycles. The second-order valence-corrected chi connectivity index (χ2v) is 7.64. The molecule has 1 heterocycles. The number of nitrogens with zero attached hydrogens (tertiary/aromatic N) is 1. The summed E-state index contributed by atoms with van der Waals surface area (Å²) in [7, 11) is 0. The summed E-state index contributed by atoms with van der Waals surface area (Å²) >= 11 is 0. The summed E-state index contributed by atoms with van der Waals surface area (Å²) in [6, 6.07) is 15.6. The highest BCUT2D eigenvalue weighted by molar-refractivity contribution is 5.98. The molecule has 0 bridgehead atoms. The summed E-state index contributed by atoms with van der Waals surface area (Å²) in [5, 5.41) is 0. The smallest absolute Gasteiger partial charge is 0.248 e. The van der Waals surface area contributed by atoms with E-state index in [1.165, 1.54) is 0 Å². The minimum absolute atomic E-state index is 0.00631. The number of hydrogen-bond acceptors (Lipinski definition) is 2. The van der Waals surface area contributed by atoms with Gasteiger partial charge in [-0.1, -0.05) is 37.3 Å². The van der Waals surface area contributed by atoms with E-state index in [1.54, 1.807) is 13.0 Å². The molecule has 0 saturated heterocycles. The van der Waals surface area contributed by atoms with Crippen LogP contribution in [-0.4, -0.2) is 17.4 Å². The highest BCUT2D eigenvalue weighted by Crippen LogP contribution is 2.50. The molecular weight excluding hydrogens is 312 g/mol. The quantitative estimate of drug-likeness (QED) is 0.910. The zero-order valence-electron chi connectivity index (χ0n) is 15.2. The van der Waals surface area contributed by atoms with Crippen molar-refractivity contribution < 1.29 is 9.59 Å². The molecule has 0 spiro atoms. The molecule has 1 aliphatic heterocycles. The highest BCUT2D eigenvalue weighted by Gasteiger charge is 2.47. The van der Waals surface area contributed by atoms with Gasteiger partial charge >= 0.3 is 0 Å². The molecule has 0 aliphatic carbocycles. The predicted octanol–water partition coefficient (Wildman–Crippen LogP) is 3.63. The van der Waals surface area contributed by atoms with E-state index in [2.05, 4.69) is 32.9 Å². The third kappa shape index (κ3) is 2.72. The number of anilines is 1. The van der Waals surface area contributed by atoms with Crippen molar-refractivity contribution in [2.75, 3.05) is 4.90 Å². The third-order valence-corrected chi connectivity index (χ3v) is 5.23. The molecule has 2 aromatic rings. The van der Waals surface area contributed by atoms with Crippen LogP contribution >= 0.6 is 0 Å². The van der Waals surface area contributed by atoms with Crippen LogP contribution in [0.4, 0.5) is 5.69 Å². The summed E-state index contributed by atoms with van der Waals surface area (Å²) in [6.45, 7) is 7.92. The second kappa shape index (κ2) is 5.73. The van der Waals surface area contributed by atoms with Gasteiger partial charge in [-0.2, -0.15) is 0 Å². The fourth-order valence-electron chi connectivity index (χ4n) is 4.35. The first kappa shape index (κ1) is 17.2. The first-order valence-electron chi connectivity index (χ1n) is 8.47. The molecule has 1 atom stereocenters. The van der Waals surface area contributed by atoms with Crippen molar-refractivity contribution in [3.8, 4) is 0 Å². The third-order valence-electron chi connectivity index (χ3n) is 5.23. The first-order valence-corrected chi connectivity index (χ1v) is 8.47. The molecule has 0 radical (unpaired) electrons. The number of benzene rings is 2. The van der Waals surface area contributed by atoms with E-state index in [4.69, 9.17) is 5.73 Å². The molecule has 130 valence electrons. The lowest BCUT2D eigenvalue weighted by molar-refractivity contribution is -0.117. The Morgan fingerprint density at radius 3 is 2.24 bits per heavy atom. The highest BCUT2D eigenvalue weighted by atomic mass is 16.2. The summed E-state index contributed by atoms with van der Waals surface area (Å²) in [6.07, 6.45) is 0.749. The van der Waals surface area contributed by atoms with Gasteiger partial charge in [-0.25, -0.2) is 0 Å². The molecule has 2 aromatic carbocycles. The van der Waals surface area contributed by atoms with Crippen LogP contribution in [0, 0.1) is 0 Å². The zero-order valence-corrected chi connectivity index (χ0v) is 15.2. The summed E-state index contributed by atoms with van der Waals surface area (Å²) in [5.74, 6) is -0.467. The van der Waals surface area contributed by atoms with Crippen LogP contribution in [0.3, 0.4) is 0 Å². The molecular formula is C21H24N2O2. The fourth-order valence-corrected chi connectivity index (χ4v) is 4.35. The van der Waals surface area contributed by atoms with Gasteiger partial charge in [-0.05, 0) is 49.6 Å². The van der Waals surface area contributed by atoms with E-state index in [0.717, 1.165) is 23.2 Å². The van der Waals surface area contributed by atoms with Crippen LogP contribution in [0.15, 0.2) is 48.5 Å². The molecule has 2 amide bonds. The number of rotatable bonds is 2. The lowest BCUT2D eigenvalue weighted by Gasteiger charge is -2.51. The Hall–Kier alpha value is -2.62. The number of amides is 2. The van der Waals surface area contributed by atoms with Crippen LogP contribution in [0.5, 0.6) is 0 Å². The molecule has 4 heteroatoms. The molecule has 0 fully saturated rings. The van der Waals surface area contributed by atoms with Crippen molar-refractivity contribution in [3.63, 3.8) is 0 Å². The molecule has 25 heavy (non-hydrogen) atoms. The average Bonchev–Trinajstić information content (AvgIpc) is 2.54. The van der Waals surface area contributed by atoms with Crippen LogP contribution < -0.4 is 10.6 Å². The predicted molar refractivity (Wildman–Crippen MR) is 99.7 cm³/mol. The second-order valence-electron chi connectivity index (χ2n) is 7.64. The van der Waals surface area contributed by atoms with Gasteiger partial charge in [0, 0.05) is 29.1 Å². The van der Waals surface area contributed by atoms with Gasteiger partial charge in [0.2, 0.25) is 11.8 Å². The standard InChI is InChI=1S/C21H24N2O2/c1-14(24)23-18-11-10-15(19(22)25)12-17(18)21(4,13-20(23,2)3)16-8-6-5-7-9-16/h5-12H,13H2,1-4H3,(H2,22,25). The zero-order chi connectivity index (χ0) is 18.4. The average molecular weight is 336 g/mol. The lowest BCUT2D eigenvalue weighted by Crippen LogP contribution is -2.55. The minimum atomic E-state index is -0.461. The van der Waals surface area contributed by atoms with Crippen molar-refractivity contribution in [1.29, 1.82) is 0 Å². The van der Waals surface area contributed by atoms with Crippen LogP contribution in [-0.2, 0) is 10.2 Å². The number of carbonyl (C=O) groups excluding carboxylic acids is 2. The van der Waals surface area contributed by atoms with E-state index >= 15 is 0 Å². The van der Waals surface area contributed by atoms with E-state index in [0.29, 0.717) is 5.56 Å². The largest absolute Gasteiger partial charge is 0.366 e. The Balaban J connectivity index is 2.32. The van der Waals surface area contributed by atoms with Gasteiger partial charge in [0.15, 0.2) is 0 Å². The van der Waals surface area contributed by atoms with Gasteiger partial charge in [0.1, 0.15) is 0 Å². The van der Waals surface area contributed by atoms with Crippen molar-refractivity contribution >= 4 is 17.5 Å².